The van der Waals surface area contributed by atoms with Gasteiger partial charge < -0.3 is 14.6 Å². The van der Waals surface area contributed by atoms with Gasteiger partial charge in [-0.3, -0.25) is 4.99 Å². The van der Waals surface area contributed by atoms with Gasteiger partial charge in [0, 0.05) is 30.0 Å². The number of aliphatic hydroxyl groups is 1. The minimum atomic E-state index is -0.668. The van der Waals surface area contributed by atoms with Crippen LogP contribution in [0.2, 0.25) is 0 Å². The monoisotopic (exact) mass is 348 g/mol. The third kappa shape index (κ3) is 4.63. The molecule has 0 aliphatic heterocycles. The van der Waals surface area contributed by atoms with Gasteiger partial charge in [-0.15, -0.1) is 11.3 Å². The first-order valence-electron chi connectivity index (χ1n) is 7.94. The summed E-state index contributed by atoms with van der Waals surface area (Å²) in [5, 5.41) is 12.7. The van der Waals surface area contributed by atoms with Crippen LogP contribution >= 0.6 is 11.3 Å². The van der Waals surface area contributed by atoms with Gasteiger partial charge in [0.15, 0.2) is 0 Å². The summed E-state index contributed by atoms with van der Waals surface area (Å²) >= 11 is 1.60. The summed E-state index contributed by atoms with van der Waals surface area (Å²) < 4.78 is 10.7. The van der Waals surface area contributed by atoms with Crippen molar-refractivity contribution in [1.82, 2.24) is 4.98 Å². The molecule has 2 aromatic rings. The van der Waals surface area contributed by atoms with Crippen LogP contribution in [0.1, 0.15) is 25.8 Å². The number of hydrogen-bond donors (Lipinski definition) is 1. The van der Waals surface area contributed by atoms with Crippen LogP contribution in [0, 0.1) is 6.92 Å². The van der Waals surface area contributed by atoms with Gasteiger partial charge in [0.05, 0.1) is 6.61 Å². The standard InChI is InChI=1S/C18H24N2O3S/c1-5-12(2)20-17-13(3)15(18-19-8-9-24-18)6-7-16(17)23-11-14(21)10-22-4/h6-9,14,21H,5,10-11H2,1-4H3. The first kappa shape index (κ1) is 18.6. The summed E-state index contributed by atoms with van der Waals surface area (Å²) in [6, 6.07) is 3.89. The molecule has 0 aliphatic rings. The molecule has 0 fully saturated rings. The third-order valence-electron chi connectivity index (χ3n) is 3.66. The Morgan fingerprint density at radius 2 is 2.17 bits per heavy atom. The molecule has 1 aromatic carbocycles. The number of rotatable bonds is 8. The molecule has 0 bridgehead atoms. The molecule has 1 heterocycles. The van der Waals surface area contributed by atoms with Crippen LogP contribution in [0.3, 0.4) is 0 Å². The predicted molar refractivity (Wildman–Crippen MR) is 98.7 cm³/mol. The Balaban J connectivity index is 2.37. The van der Waals surface area contributed by atoms with Crippen molar-refractivity contribution in [1.29, 1.82) is 0 Å². The van der Waals surface area contributed by atoms with Crippen LogP contribution in [0.15, 0.2) is 28.7 Å². The van der Waals surface area contributed by atoms with E-state index in [9.17, 15) is 5.11 Å². The maximum atomic E-state index is 9.81. The molecule has 0 amide bonds. The highest BCUT2D eigenvalue weighted by atomic mass is 32.1. The van der Waals surface area contributed by atoms with E-state index in [4.69, 9.17) is 14.5 Å². The number of ether oxygens (including phenoxy) is 2. The van der Waals surface area contributed by atoms with E-state index in [0.717, 1.165) is 34.0 Å². The van der Waals surface area contributed by atoms with E-state index in [1.54, 1.807) is 24.6 Å². The van der Waals surface area contributed by atoms with Gasteiger partial charge >= 0.3 is 0 Å². The Morgan fingerprint density at radius 1 is 1.38 bits per heavy atom. The van der Waals surface area contributed by atoms with Gasteiger partial charge in [-0.25, -0.2) is 4.98 Å². The Hall–Kier alpha value is -1.76. The van der Waals surface area contributed by atoms with Crippen molar-refractivity contribution in [2.24, 2.45) is 4.99 Å². The first-order chi connectivity index (χ1) is 11.6. The molecular formula is C18H24N2O3S. The lowest BCUT2D eigenvalue weighted by Crippen LogP contribution is -2.22. The lowest BCUT2D eigenvalue weighted by Gasteiger charge is -2.16. The number of aliphatic imine (C=N–C) groups is 1. The van der Waals surface area contributed by atoms with Crippen molar-refractivity contribution in [2.75, 3.05) is 20.3 Å². The van der Waals surface area contributed by atoms with Crippen LogP contribution in [-0.2, 0) is 4.74 Å². The number of nitrogens with zero attached hydrogens (tertiary/aromatic N) is 2. The topological polar surface area (TPSA) is 63.9 Å². The quantitative estimate of drug-likeness (QED) is 0.732. The summed E-state index contributed by atoms with van der Waals surface area (Å²) in [4.78, 5) is 9.12. The molecule has 5 nitrogen and oxygen atoms in total. The lowest BCUT2D eigenvalue weighted by atomic mass is 10.1. The molecule has 0 saturated heterocycles. The fraction of sp³-hybridized carbons (Fsp3) is 0.444. The van der Waals surface area contributed by atoms with E-state index in [1.165, 1.54) is 0 Å². The number of benzene rings is 1. The second-order valence-corrected chi connectivity index (χ2v) is 6.44. The van der Waals surface area contributed by atoms with E-state index in [0.29, 0.717) is 5.75 Å². The maximum Gasteiger partial charge on any atom is 0.145 e. The molecular weight excluding hydrogens is 324 g/mol. The number of aromatic nitrogens is 1. The zero-order valence-corrected chi connectivity index (χ0v) is 15.4. The number of hydrogen-bond acceptors (Lipinski definition) is 6. The molecule has 0 spiro atoms. The zero-order valence-electron chi connectivity index (χ0n) is 14.6. The SMILES string of the molecule is CCC(C)=Nc1c(OCC(O)COC)ccc(-c2nccs2)c1C. The van der Waals surface area contributed by atoms with Gasteiger partial charge in [0.1, 0.15) is 29.2 Å². The summed E-state index contributed by atoms with van der Waals surface area (Å²) in [5.74, 6) is 0.663. The second-order valence-electron chi connectivity index (χ2n) is 5.54. The number of aliphatic hydroxyl groups excluding tert-OH is 1. The summed E-state index contributed by atoms with van der Waals surface area (Å²) in [6.45, 7) is 6.50. The molecule has 130 valence electrons. The van der Waals surface area contributed by atoms with E-state index in [1.807, 2.05) is 31.4 Å². The maximum absolute atomic E-state index is 9.81. The molecule has 2 rings (SSSR count). The van der Waals surface area contributed by atoms with Gasteiger partial charge in [-0.2, -0.15) is 0 Å². The van der Waals surface area contributed by atoms with Crippen LogP contribution in [0.4, 0.5) is 5.69 Å². The van der Waals surface area contributed by atoms with Crippen LogP contribution < -0.4 is 4.74 Å². The average Bonchev–Trinajstić information content (AvgIpc) is 3.09. The van der Waals surface area contributed by atoms with E-state index in [-0.39, 0.29) is 13.2 Å². The van der Waals surface area contributed by atoms with Crippen molar-refractivity contribution in [3.05, 3.63) is 29.3 Å². The highest BCUT2D eigenvalue weighted by molar-refractivity contribution is 7.13. The van der Waals surface area contributed by atoms with Crippen LogP contribution in [-0.4, -0.2) is 42.2 Å². The molecule has 1 N–H and O–H groups in total. The lowest BCUT2D eigenvalue weighted by molar-refractivity contribution is 0.0327. The fourth-order valence-corrected chi connectivity index (χ4v) is 2.94. The highest BCUT2D eigenvalue weighted by Gasteiger charge is 2.15. The van der Waals surface area contributed by atoms with Gasteiger partial charge in [0.2, 0.25) is 0 Å². The van der Waals surface area contributed by atoms with Gasteiger partial charge in [-0.1, -0.05) is 6.92 Å². The summed E-state index contributed by atoms with van der Waals surface area (Å²) in [7, 11) is 1.55. The largest absolute Gasteiger partial charge is 0.489 e. The molecule has 0 radical (unpaired) electrons. The molecule has 1 aromatic heterocycles. The Morgan fingerprint density at radius 3 is 2.79 bits per heavy atom. The smallest absolute Gasteiger partial charge is 0.145 e. The third-order valence-corrected chi connectivity index (χ3v) is 4.47. The van der Waals surface area contributed by atoms with Gasteiger partial charge in [-0.05, 0) is 38.0 Å². The summed E-state index contributed by atoms with van der Waals surface area (Å²) in [5.41, 5.74) is 3.90. The Labute approximate surface area is 147 Å². The zero-order chi connectivity index (χ0) is 17.5. The first-order valence-corrected chi connectivity index (χ1v) is 8.82. The van der Waals surface area contributed by atoms with Crippen molar-refractivity contribution < 1.29 is 14.6 Å². The molecule has 1 atom stereocenters. The van der Waals surface area contributed by atoms with Gasteiger partial charge in [0.25, 0.3) is 0 Å². The van der Waals surface area contributed by atoms with Crippen molar-refractivity contribution >= 4 is 22.7 Å². The van der Waals surface area contributed by atoms with Crippen LogP contribution in [0.25, 0.3) is 10.6 Å². The molecule has 0 saturated carbocycles. The van der Waals surface area contributed by atoms with Crippen molar-refractivity contribution in [3.63, 3.8) is 0 Å². The van der Waals surface area contributed by atoms with E-state index in [2.05, 4.69) is 11.9 Å². The molecule has 1 unspecified atom stereocenters. The Kier molecular flexibility index (Phi) is 6.90. The fourth-order valence-electron chi connectivity index (χ4n) is 2.22. The normalized spacial score (nSPS) is 13.1. The minimum absolute atomic E-state index is 0.164. The second kappa shape index (κ2) is 8.92. The average molecular weight is 348 g/mol. The van der Waals surface area contributed by atoms with Crippen LogP contribution in [0.5, 0.6) is 5.75 Å². The van der Waals surface area contributed by atoms with E-state index >= 15 is 0 Å². The van der Waals surface area contributed by atoms with Crippen molar-refractivity contribution in [2.45, 2.75) is 33.3 Å². The Bertz CT molecular complexity index is 684. The molecule has 0 aliphatic carbocycles. The van der Waals surface area contributed by atoms with E-state index < -0.39 is 6.10 Å². The minimum Gasteiger partial charge on any atom is -0.489 e. The number of methoxy groups -OCH3 is 1. The highest BCUT2D eigenvalue weighted by Crippen LogP contribution is 2.38. The summed E-state index contributed by atoms with van der Waals surface area (Å²) in [6.07, 6.45) is 2.00. The molecule has 6 heteroatoms. The number of thiazole rings is 1. The van der Waals surface area contributed by atoms with Crippen molar-refractivity contribution in [3.8, 4) is 16.3 Å². The molecule has 24 heavy (non-hydrogen) atoms. The predicted octanol–water partition coefficient (Wildman–Crippen LogP) is 4.01.